The van der Waals surface area contributed by atoms with Gasteiger partial charge in [0.05, 0.1) is 13.2 Å². The van der Waals surface area contributed by atoms with Crippen molar-refractivity contribution >= 4 is 5.91 Å². The molecule has 5 heteroatoms. The number of amides is 1. The van der Waals surface area contributed by atoms with Gasteiger partial charge in [0, 0.05) is 26.2 Å². The second-order valence-electron chi connectivity index (χ2n) is 5.76. The maximum absolute atomic E-state index is 12.2. The maximum Gasteiger partial charge on any atom is 0.239 e. The van der Waals surface area contributed by atoms with Crippen LogP contribution in [0.25, 0.3) is 0 Å². The van der Waals surface area contributed by atoms with E-state index < -0.39 is 0 Å². The van der Waals surface area contributed by atoms with Crippen molar-refractivity contribution in [3.63, 3.8) is 0 Å². The minimum atomic E-state index is -0.259. The van der Waals surface area contributed by atoms with E-state index >= 15 is 0 Å². The Morgan fingerprint density at radius 2 is 2.05 bits per heavy atom. The van der Waals surface area contributed by atoms with Crippen LogP contribution in [0.3, 0.4) is 0 Å². The lowest BCUT2D eigenvalue weighted by Gasteiger charge is -2.23. The molecule has 0 heterocycles. The van der Waals surface area contributed by atoms with Gasteiger partial charge in [-0.1, -0.05) is 26.0 Å². The Labute approximate surface area is 126 Å². The molecule has 1 rings (SSSR count). The number of benzene rings is 1. The van der Waals surface area contributed by atoms with Crippen LogP contribution < -0.4 is 10.1 Å². The summed E-state index contributed by atoms with van der Waals surface area (Å²) >= 11 is 0. The number of nitrogens with zero attached hydrogens (tertiary/aromatic N) is 1. The lowest BCUT2D eigenvalue weighted by Crippen LogP contribution is -2.44. The first-order valence-corrected chi connectivity index (χ1v) is 7.16. The number of rotatable bonds is 7. The maximum atomic E-state index is 12.2. The van der Waals surface area contributed by atoms with Crippen LogP contribution in [0.15, 0.2) is 18.2 Å². The van der Waals surface area contributed by atoms with E-state index in [-0.39, 0.29) is 17.7 Å². The summed E-state index contributed by atoms with van der Waals surface area (Å²) in [5.41, 5.74) is 0.717. The molecule has 0 aliphatic heterocycles. The quantitative estimate of drug-likeness (QED) is 0.807. The summed E-state index contributed by atoms with van der Waals surface area (Å²) in [4.78, 5) is 13.8. The number of nitrogens with one attached hydrogen (secondary N) is 1. The van der Waals surface area contributed by atoms with E-state index in [1.807, 2.05) is 12.1 Å². The van der Waals surface area contributed by atoms with Crippen LogP contribution in [0.5, 0.6) is 11.5 Å². The number of methoxy groups -OCH3 is 1. The number of hydrogen-bond acceptors (Lipinski definition) is 4. The molecule has 0 aliphatic carbocycles. The van der Waals surface area contributed by atoms with Gasteiger partial charge >= 0.3 is 0 Å². The molecule has 0 spiro atoms. The van der Waals surface area contributed by atoms with Crippen molar-refractivity contribution in [3.8, 4) is 11.5 Å². The number of ether oxygens (including phenoxy) is 1. The van der Waals surface area contributed by atoms with Gasteiger partial charge in [-0.3, -0.25) is 4.79 Å². The molecule has 21 heavy (non-hydrogen) atoms. The summed E-state index contributed by atoms with van der Waals surface area (Å²) in [6.45, 7) is 4.58. The molecule has 0 aliphatic rings. The van der Waals surface area contributed by atoms with Crippen molar-refractivity contribution in [2.45, 2.75) is 32.9 Å². The SMILES string of the molecule is COc1cccc(CNC(CC(C)C)C(=O)N(C)C)c1O. The Hall–Kier alpha value is -1.75. The second-order valence-corrected chi connectivity index (χ2v) is 5.76. The lowest BCUT2D eigenvalue weighted by molar-refractivity contribution is -0.131. The fourth-order valence-corrected chi connectivity index (χ4v) is 2.16. The van der Waals surface area contributed by atoms with Crippen molar-refractivity contribution in [1.29, 1.82) is 0 Å². The number of likely N-dealkylation sites (N-methyl/N-ethyl adjacent to an activating group) is 1. The molecule has 0 saturated carbocycles. The van der Waals surface area contributed by atoms with Crippen LogP contribution in [0.1, 0.15) is 25.8 Å². The number of aromatic hydroxyl groups is 1. The summed E-state index contributed by atoms with van der Waals surface area (Å²) in [5.74, 6) is 1.01. The number of phenols is 1. The predicted octanol–water partition coefficient (Wildman–Crippen LogP) is 1.99. The molecule has 0 fully saturated rings. The average Bonchev–Trinajstić information content (AvgIpc) is 2.43. The zero-order valence-electron chi connectivity index (χ0n) is 13.5. The highest BCUT2D eigenvalue weighted by atomic mass is 16.5. The molecule has 5 nitrogen and oxygen atoms in total. The number of carbonyl (C=O) groups excluding carboxylic acids is 1. The molecule has 1 aromatic rings. The fourth-order valence-electron chi connectivity index (χ4n) is 2.16. The summed E-state index contributed by atoms with van der Waals surface area (Å²) in [6, 6.07) is 5.08. The third-order valence-electron chi connectivity index (χ3n) is 3.29. The first kappa shape index (κ1) is 17.3. The molecule has 0 radical (unpaired) electrons. The smallest absolute Gasteiger partial charge is 0.239 e. The van der Waals surface area contributed by atoms with Crippen LogP contribution in [-0.4, -0.2) is 43.2 Å². The Morgan fingerprint density at radius 1 is 1.38 bits per heavy atom. The Kier molecular flexibility index (Phi) is 6.49. The van der Waals surface area contributed by atoms with Gasteiger partial charge in [0.2, 0.25) is 5.91 Å². The van der Waals surface area contributed by atoms with E-state index in [9.17, 15) is 9.90 Å². The fraction of sp³-hybridized carbons (Fsp3) is 0.562. The van der Waals surface area contributed by atoms with Gasteiger partial charge < -0.3 is 20.1 Å². The first-order valence-electron chi connectivity index (χ1n) is 7.16. The molecule has 1 atom stereocenters. The molecule has 0 saturated heterocycles. The Morgan fingerprint density at radius 3 is 2.57 bits per heavy atom. The van der Waals surface area contributed by atoms with E-state index in [1.54, 1.807) is 25.1 Å². The zero-order chi connectivity index (χ0) is 16.0. The van der Waals surface area contributed by atoms with Gasteiger partial charge in [0.15, 0.2) is 11.5 Å². The molecule has 2 N–H and O–H groups in total. The van der Waals surface area contributed by atoms with Gasteiger partial charge in [-0.25, -0.2) is 0 Å². The normalized spacial score (nSPS) is 12.3. The van der Waals surface area contributed by atoms with Crippen LogP contribution in [0.2, 0.25) is 0 Å². The van der Waals surface area contributed by atoms with Crippen molar-refractivity contribution in [1.82, 2.24) is 10.2 Å². The molecule has 0 bridgehead atoms. The minimum absolute atomic E-state index is 0.0473. The first-order chi connectivity index (χ1) is 9.86. The van der Waals surface area contributed by atoms with E-state index in [0.717, 1.165) is 12.0 Å². The van der Waals surface area contributed by atoms with Crippen LogP contribution in [0.4, 0.5) is 0 Å². The summed E-state index contributed by atoms with van der Waals surface area (Å²) in [6.07, 6.45) is 0.752. The lowest BCUT2D eigenvalue weighted by atomic mass is 10.0. The monoisotopic (exact) mass is 294 g/mol. The van der Waals surface area contributed by atoms with Gasteiger partial charge in [0.25, 0.3) is 0 Å². The summed E-state index contributed by atoms with van der Waals surface area (Å²) in [5, 5.41) is 13.3. The van der Waals surface area contributed by atoms with Gasteiger partial charge in [-0.05, 0) is 18.4 Å². The van der Waals surface area contributed by atoms with Crippen molar-refractivity contribution in [3.05, 3.63) is 23.8 Å². The third-order valence-corrected chi connectivity index (χ3v) is 3.29. The molecule has 1 aromatic carbocycles. The topological polar surface area (TPSA) is 61.8 Å². The second kappa shape index (κ2) is 7.88. The van der Waals surface area contributed by atoms with Gasteiger partial charge in [0.1, 0.15) is 0 Å². The number of para-hydroxylation sites is 1. The number of phenolic OH excluding ortho intramolecular Hbond substituents is 1. The van der Waals surface area contributed by atoms with E-state index in [0.29, 0.717) is 18.2 Å². The average molecular weight is 294 g/mol. The van der Waals surface area contributed by atoms with E-state index in [1.165, 1.54) is 7.11 Å². The number of hydrogen-bond donors (Lipinski definition) is 2. The summed E-state index contributed by atoms with van der Waals surface area (Å²) in [7, 11) is 5.02. The summed E-state index contributed by atoms with van der Waals surface area (Å²) < 4.78 is 5.09. The third kappa shape index (κ3) is 4.93. The standard InChI is InChI=1S/C16H26N2O3/c1-11(2)9-13(16(20)18(3)4)17-10-12-7-6-8-14(21-5)15(12)19/h6-8,11,13,17,19H,9-10H2,1-5H3. The largest absolute Gasteiger partial charge is 0.504 e. The highest BCUT2D eigenvalue weighted by molar-refractivity contribution is 5.81. The van der Waals surface area contributed by atoms with Crippen LogP contribution in [0, 0.1) is 5.92 Å². The molecule has 1 unspecified atom stereocenters. The van der Waals surface area contributed by atoms with Crippen molar-refractivity contribution < 1.29 is 14.6 Å². The molecule has 0 aromatic heterocycles. The van der Waals surface area contributed by atoms with Gasteiger partial charge in [-0.2, -0.15) is 0 Å². The van der Waals surface area contributed by atoms with Crippen LogP contribution in [-0.2, 0) is 11.3 Å². The minimum Gasteiger partial charge on any atom is -0.504 e. The Balaban J connectivity index is 2.79. The van der Waals surface area contributed by atoms with Gasteiger partial charge in [-0.15, -0.1) is 0 Å². The zero-order valence-corrected chi connectivity index (χ0v) is 13.5. The van der Waals surface area contributed by atoms with Crippen LogP contribution >= 0.6 is 0 Å². The van der Waals surface area contributed by atoms with E-state index in [2.05, 4.69) is 19.2 Å². The molecule has 118 valence electrons. The number of carbonyl (C=O) groups is 1. The highest BCUT2D eigenvalue weighted by Crippen LogP contribution is 2.29. The Bertz CT molecular complexity index is 473. The van der Waals surface area contributed by atoms with E-state index in [4.69, 9.17) is 4.74 Å². The molecular weight excluding hydrogens is 268 g/mol. The predicted molar refractivity (Wildman–Crippen MR) is 83.4 cm³/mol. The van der Waals surface area contributed by atoms with Crippen molar-refractivity contribution in [2.75, 3.05) is 21.2 Å². The molecular formula is C16H26N2O3. The molecule has 1 amide bonds. The highest BCUT2D eigenvalue weighted by Gasteiger charge is 2.21. The van der Waals surface area contributed by atoms with Crippen molar-refractivity contribution in [2.24, 2.45) is 5.92 Å².